The van der Waals surface area contributed by atoms with Gasteiger partial charge in [0.1, 0.15) is 5.60 Å². The lowest BCUT2D eigenvalue weighted by Gasteiger charge is -2.30. The van der Waals surface area contributed by atoms with Gasteiger partial charge in [-0.05, 0) is 52.9 Å². The lowest BCUT2D eigenvalue weighted by Crippen LogP contribution is -2.45. The molecular formula is C16H24N2O2. The number of nitrogens with zero attached hydrogens (tertiary/aromatic N) is 2. The highest BCUT2D eigenvalue weighted by molar-refractivity contribution is 5.91. The summed E-state index contributed by atoms with van der Waals surface area (Å²) >= 11 is 0. The van der Waals surface area contributed by atoms with Gasteiger partial charge in [-0.2, -0.15) is 0 Å². The molecule has 1 heterocycles. The lowest BCUT2D eigenvalue weighted by atomic mass is 10.1. The van der Waals surface area contributed by atoms with Crippen LogP contribution in [0.3, 0.4) is 0 Å². The molecule has 2 rings (SSSR count). The quantitative estimate of drug-likeness (QED) is 0.832. The SMILES string of the molecule is CN(C)C[C@@H]1Cc2ccccc2N1C(=O)OC(C)(C)C. The number of benzene rings is 1. The van der Waals surface area contributed by atoms with Crippen LogP contribution in [0.2, 0.25) is 0 Å². The Balaban J connectivity index is 2.27. The number of fused-ring (bicyclic) bond motifs is 1. The number of hydrogen-bond acceptors (Lipinski definition) is 3. The molecule has 0 radical (unpaired) electrons. The highest BCUT2D eigenvalue weighted by Crippen LogP contribution is 2.33. The van der Waals surface area contributed by atoms with Crippen LogP contribution in [0.1, 0.15) is 26.3 Å². The van der Waals surface area contributed by atoms with Gasteiger partial charge in [0.2, 0.25) is 0 Å². The fourth-order valence-electron chi connectivity index (χ4n) is 2.59. The van der Waals surface area contributed by atoms with Crippen LogP contribution >= 0.6 is 0 Å². The summed E-state index contributed by atoms with van der Waals surface area (Å²) in [6.45, 7) is 6.52. The van der Waals surface area contributed by atoms with E-state index in [2.05, 4.69) is 11.0 Å². The van der Waals surface area contributed by atoms with Crippen LogP contribution in [0.25, 0.3) is 0 Å². The minimum atomic E-state index is -0.475. The number of hydrogen-bond donors (Lipinski definition) is 0. The van der Waals surface area contributed by atoms with E-state index in [-0.39, 0.29) is 12.1 Å². The van der Waals surface area contributed by atoms with Crippen LogP contribution in [-0.4, -0.2) is 43.3 Å². The number of amides is 1. The summed E-state index contributed by atoms with van der Waals surface area (Å²) in [5.41, 5.74) is 1.72. The molecule has 1 aliphatic heterocycles. The normalized spacial score (nSPS) is 18.3. The molecule has 1 amide bonds. The molecule has 0 N–H and O–H groups in total. The molecule has 4 nitrogen and oxygen atoms in total. The van der Waals surface area contributed by atoms with Gasteiger partial charge in [-0.15, -0.1) is 0 Å². The van der Waals surface area contributed by atoms with Crippen LogP contribution in [0.4, 0.5) is 10.5 Å². The number of carbonyl (C=O) groups excluding carboxylic acids is 1. The average Bonchev–Trinajstić information content (AvgIpc) is 2.63. The number of carbonyl (C=O) groups is 1. The van der Waals surface area contributed by atoms with E-state index in [0.717, 1.165) is 18.7 Å². The Morgan fingerprint density at radius 3 is 2.60 bits per heavy atom. The number of ether oxygens (including phenoxy) is 1. The maximum Gasteiger partial charge on any atom is 0.415 e. The molecule has 110 valence electrons. The molecule has 1 aromatic rings. The van der Waals surface area contributed by atoms with Gasteiger partial charge in [-0.3, -0.25) is 4.90 Å². The van der Waals surface area contributed by atoms with Gasteiger partial charge in [0.25, 0.3) is 0 Å². The summed E-state index contributed by atoms with van der Waals surface area (Å²) in [5, 5.41) is 0. The third-order valence-corrected chi connectivity index (χ3v) is 3.24. The van der Waals surface area contributed by atoms with Crippen LogP contribution in [-0.2, 0) is 11.2 Å². The van der Waals surface area contributed by atoms with Crippen molar-refractivity contribution in [3.63, 3.8) is 0 Å². The fourth-order valence-corrected chi connectivity index (χ4v) is 2.59. The van der Waals surface area contributed by atoms with Crippen molar-refractivity contribution >= 4 is 11.8 Å². The predicted octanol–water partition coefficient (Wildman–Crippen LogP) is 2.91. The maximum absolute atomic E-state index is 12.5. The van der Waals surface area contributed by atoms with Crippen LogP contribution in [0.15, 0.2) is 24.3 Å². The highest BCUT2D eigenvalue weighted by atomic mass is 16.6. The van der Waals surface area contributed by atoms with Gasteiger partial charge >= 0.3 is 6.09 Å². The number of anilines is 1. The van der Waals surface area contributed by atoms with E-state index in [1.165, 1.54) is 5.56 Å². The molecule has 0 aliphatic carbocycles. The van der Waals surface area contributed by atoms with Gasteiger partial charge in [0, 0.05) is 6.54 Å². The van der Waals surface area contributed by atoms with Crippen molar-refractivity contribution in [3.05, 3.63) is 29.8 Å². The minimum absolute atomic E-state index is 0.136. The van der Waals surface area contributed by atoms with Crippen molar-refractivity contribution in [1.29, 1.82) is 0 Å². The lowest BCUT2D eigenvalue weighted by molar-refractivity contribution is 0.0565. The van der Waals surface area contributed by atoms with Crippen molar-refractivity contribution < 1.29 is 9.53 Å². The Hall–Kier alpha value is -1.55. The Bertz CT molecular complexity index is 491. The maximum atomic E-state index is 12.5. The number of rotatable bonds is 2. The summed E-state index contributed by atoms with van der Waals surface area (Å²) in [5.74, 6) is 0. The molecule has 0 fully saturated rings. The Labute approximate surface area is 121 Å². The molecular weight excluding hydrogens is 252 g/mol. The van der Waals surface area contributed by atoms with Gasteiger partial charge in [0.05, 0.1) is 11.7 Å². The molecule has 0 saturated heterocycles. The van der Waals surface area contributed by atoms with Gasteiger partial charge < -0.3 is 9.64 Å². The highest BCUT2D eigenvalue weighted by Gasteiger charge is 2.36. The standard InChI is InChI=1S/C16H24N2O2/c1-16(2,3)20-15(19)18-13(11-17(4)5)10-12-8-6-7-9-14(12)18/h6-9,13H,10-11H2,1-5H3/t13-/m0/s1. The van der Waals surface area contributed by atoms with E-state index in [0.29, 0.717) is 0 Å². The first kappa shape index (κ1) is 14.9. The van der Waals surface area contributed by atoms with Crippen molar-refractivity contribution in [1.82, 2.24) is 4.90 Å². The number of para-hydroxylation sites is 1. The van der Waals surface area contributed by atoms with E-state index in [4.69, 9.17) is 4.74 Å². The summed E-state index contributed by atoms with van der Waals surface area (Å²) in [6.07, 6.45) is 0.627. The van der Waals surface area contributed by atoms with Crippen LogP contribution in [0, 0.1) is 0 Å². The fraction of sp³-hybridized carbons (Fsp3) is 0.562. The molecule has 0 aromatic heterocycles. The molecule has 0 bridgehead atoms. The summed E-state index contributed by atoms with van der Waals surface area (Å²) in [4.78, 5) is 16.4. The molecule has 1 atom stereocenters. The largest absolute Gasteiger partial charge is 0.443 e. The summed E-state index contributed by atoms with van der Waals surface area (Å²) in [7, 11) is 4.05. The third kappa shape index (κ3) is 3.31. The molecule has 0 saturated carbocycles. The van der Waals surface area contributed by atoms with Gasteiger partial charge in [-0.25, -0.2) is 4.79 Å². The summed E-state index contributed by atoms with van der Waals surface area (Å²) in [6, 6.07) is 8.20. The second-order valence-corrected chi connectivity index (χ2v) is 6.60. The van der Waals surface area contributed by atoms with Crippen molar-refractivity contribution in [2.24, 2.45) is 0 Å². The number of likely N-dealkylation sites (N-methyl/N-ethyl adjacent to an activating group) is 1. The van der Waals surface area contributed by atoms with Gasteiger partial charge in [0.15, 0.2) is 0 Å². The zero-order valence-corrected chi connectivity index (χ0v) is 13.0. The van der Waals surface area contributed by atoms with Crippen molar-refractivity contribution in [2.45, 2.75) is 38.8 Å². The summed E-state index contributed by atoms with van der Waals surface area (Å²) < 4.78 is 5.56. The van der Waals surface area contributed by atoms with E-state index >= 15 is 0 Å². The van der Waals surface area contributed by atoms with Crippen molar-refractivity contribution in [3.8, 4) is 0 Å². The second-order valence-electron chi connectivity index (χ2n) is 6.60. The zero-order valence-electron chi connectivity index (χ0n) is 13.0. The van der Waals surface area contributed by atoms with E-state index in [1.807, 2.05) is 53.1 Å². The van der Waals surface area contributed by atoms with E-state index in [1.54, 1.807) is 4.90 Å². The first-order valence-corrected chi connectivity index (χ1v) is 7.03. The van der Waals surface area contributed by atoms with Crippen LogP contribution < -0.4 is 4.90 Å². The smallest absolute Gasteiger partial charge is 0.415 e. The van der Waals surface area contributed by atoms with E-state index < -0.39 is 5.60 Å². The Morgan fingerprint density at radius 1 is 1.35 bits per heavy atom. The van der Waals surface area contributed by atoms with Crippen LogP contribution in [0.5, 0.6) is 0 Å². The molecule has 4 heteroatoms. The van der Waals surface area contributed by atoms with Gasteiger partial charge in [-0.1, -0.05) is 18.2 Å². The molecule has 1 aromatic carbocycles. The third-order valence-electron chi connectivity index (χ3n) is 3.24. The topological polar surface area (TPSA) is 32.8 Å². The average molecular weight is 276 g/mol. The molecule has 0 spiro atoms. The predicted molar refractivity (Wildman–Crippen MR) is 81.2 cm³/mol. The van der Waals surface area contributed by atoms with Crippen molar-refractivity contribution in [2.75, 3.05) is 25.5 Å². The molecule has 0 unspecified atom stereocenters. The monoisotopic (exact) mass is 276 g/mol. The first-order chi connectivity index (χ1) is 9.28. The first-order valence-electron chi connectivity index (χ1n) is 7.03. The molecule has 1 aliphatic rings. The zero-order chi connectivity index (χ0) is 14.9. The molecule has 20 heavy (non-hydrogen) atoms. The minimum Gasteiger partial charge on any atom is -0.443 e. The Morgan fingerprint density at radius 2 is 2.00 bits per heavy atom. The second kappa shape index (κ2) is 5.44. The van der Waals surface area contributed by atoms with E-state index in [9.17, 15) is 4.79 Å². The Kier molecular flexibility index (Phi) is 4.04.